The Kier molecular flexibility index (Phi) is 4.68. The van der Waals surface area contributed by atoms with Gasteiger partial charge in [-0.2, -0.15) is 0 Å². The summed E-state index contributed by atoms with van der Waals surface area (Å²) in [4.78, 5) is 28.2. The highest BCUT2D eigenvalue weighted by Crippen LogP contribution is 2.26. The summed E-state index contributed by atoms with van der Waals surface area (Å²) in [5.41, 5.74) is 1.40. The molecule has 3 aromatic heterocycles. The van der Waals surface area contributed by atoms with Gasteiger partial charge in [0.15, 0.2) is 0 Å². The molecule has 3 heterocycles. The Bertz CT molecular complexity index is 1450. The predicted octanol–water partition coefficient (Wildman–Crippen LogP) is 3.65. The molecule has 0 saturated carbocycles. The van der Waals surface area contributed by atoms with E-state index in [0.29, 0.717) is 21.8 Å². The van der Waals surface area contributed by atoms with Gasteiger partial charge >= 0.3 is 0 Å². The van der Waals surface area contributed by atoms with Gasteiger partial charge in [-0.15, -0.1) is 0 Å². The monoisotopic (exact) mass is 442 g/mol. The zero-order valence-corrected chi connectivity index (χ0v) is 17.5. The van der Waals surface area contributed by atoms with E-state index in [2.05, 4.69) is 24.7 Å². The van der Waals surface area contributed by atoms with Crippen LogP contribution in [0.25, 0.3) is 11.0 Å². The van der Waals surface area contributed by atoms with Crippen LogP contribution in [0.5, 0.6) is 0 Å². The van der Waals surface area contributed by atoms with Gasteiger partial charge in [0.05, 0.1) is 12.0 Å². The van der Waals surface area contributed by atoms with Crippen LogP contribution in [-0.4, -0.2) is 34.1 Å². The van der Waals surface area contributed by atoms with Crippen molar-refractivity contribution in [2.75, 3.05) is 4.72 Å². The summed E-state index contributed by atoms with van der Waals surface area (Å²) in [7, 11) is -4.02. The number of nitrogens with one attached hydrogen (secondary N) is 2. The van der Waals surface area contributed by atoms with Crippen molar-refractivity contribution in [3.05, 3.63) is 76.6 Å². The third-order valence-electron chi connectivity index (χ3n) is 4.41. The number of H-pyrrole nitrogens is 1. The van der Waals surface area contributed by atoms with Crippen molar-refractivity contribution in [2.24, 2.45) is 0 Å². The van der Waals surface area contributed by atoms with Crippen molar-refractivity contribution < 1.29 is 14.6 Å². The Labute approximate surface area is 178 Å². The van der Waals surface area contributed by atoms with E-state index in [1.807, 2.05) is 0 Å². The van der Waals surface area contributed by atoms with Crippen LogP contribution in [0.2, 0.25) is 5.02 Å². The number of fused-ring (bicyclic) bond motifs is 1. The van der Waals surface area contributed by atoms with Crippen LogP contribution < -0.4 is 4.72 Å². The summed E-state index contributed by atoms with van der Waals surface area (Å²) in [5.74, 6) is -0.634. The number of aryl methyl sites for hydroxylation is 2. The molecule has 4 rings (SSSR count). The number of carbonyl (C=O) groups excluding carboxylic acids is 1. The molecular weight excluding hydrogens is 426 g/mol. The van der Waals surface area contributed by atoms with E-state index in [-0.39, 0.29) is 33.4 Å². The largest absolute Gasteiger partial charge is 0.346 e. The van der Waals surface area contributed by atoms with Crippen LogP contribution in [0.3, 0.4) is 0 Å². The quantitative estimate of drug-likeness (QED) is 0.455. The van der Waals surface area contributed by atoms with Gasteiger partial charge in [-0.3, -0.25) is 14.5 Å². The molecule has 10 heteroatoms. The lowest BCUT2D eigenvalue weighted by Gasteiger charge is -2.13. The number of hydrogen-bond donors (Lipinski definition) is 2. The normalized spacial score (nSPS) is 12.0. The van der Waals surface area contributed by atoms with Crippen molar-refractivity contribution >= 4 is 44.1 Å². The third-order valence-corrected chi connectivity index (χ3v) is 6.20. The first-order valence-corrected chi connectivity index (χ1v) is 10.6. The first-order valence-electron chi connectivity index (χ1n) is 9.26. The number of carbonyl (C=O) groups is 1. The van der Waals surface area contributed by atoms with Gasteiger partial charge in [0, 0.05) is 22.8 Å². The summed E-state index contributed by atoms with van der Waals surface area (Å²) in [6, 6.07) is 5.87. The highest BCUT2D eigenvalue weighted by Gasteiger charge is 2.24. The molecule has 0 bridgehead atoms. The van der Waals surface area contributed by atoms with E-state index in [1.165, 1.54) is 43.0 Å². The molecule has 0 aliphatic carbocycles. The molecular formula is C20H16ClN5O3S. The number of rotatable bonds is 5. The molecule has 30 heavy (non-hydrogen) atoms. The molecule has 0 atom stereocenters. The van der Waals surface area contributed by atoms with Crippen molar-refractivity contribution in [3.8, 4) is 0 Å². The fraction of sp³-hybridized carbons (Fsp3) is 0.100. The van der Waals surface area contributed by atoms with E-state index in [1.54, 1.807) is 13.8 Å². The number of aromatic nitrogens is 4. The Morgan fingerprint density at radius 3 is 2.73 bits per heavy atom. The molecule has 0 aliphatic heterocycles. The van der Waals surface area contributed by atoms with Crippen molar-refractivity contribution in [2.45, 2.75) is 18.7 Å². The molecule has 1 aromatic carbocycles. The summed E-state index contributed by atoms with van der Waals surface area (Å²) in [5, 5.41) is 0.675. The lowest BCUT2D eigenvalue weighted by molar-refractivity contribution is 0.103. The topological polar surface area (TPSA) is 118 Å². The maximum Gasteiger partial charge on any atom is 0.261 e. The second kappa shape index (κ2) is 7.51. The maximum atomic E-state index is 13.3. The molecule has 0 fully saturated rings. The van der Waals surface area contributed by atoms with Gasteiger partial charge in [0.25, 0.3) is 10.0 Å². The van der Waals surface area contributed by atoms with Gasteiger partial charge in [-0.05, 0) is 55.3 Å². The molecule has 4 aromatic rings. The van der Waals surface area contributed by atoms with Crippen LogP contribution in [0, 0.1) is 13.8 Å². The van der Waals surface area contributed by atoms with Gasteiger partial charge in [-0.1, -0.05) is 11.6 Å². The smallest absolute Gasteiger partial charge is 0.261 e. The Morgan fingerprint density at radius 1 is 1.17 bits per heavy atom. The van der Waals surface area contributed by atoms with Crippen LogP contribution >= 0.6 is 11.6 Å². The Balaban J connectivity index is 1.80. The average Bonchev–Trinajstić information content (AvgIpc) is 3.10. The number of aromatic amines is 1. The number of pyridine rings is 1. The minimum absolute atomic E-state index is 0.00203. The number of sulfonamides is 1. The molecule has 0 spiro atoms. The van der Waals surface area contributed by atoms with E-state index >= 15 is 0 Å². The molecule has 8 nitrogen and oxygen atoms in total. The van der Waals surface area contributed by atoms with Crippen molar-refractivity contribution in [1.29, 1.82) is 0 Å². The lowest BCUT2D eigenvalue weighted by Crippen LogP contribution is -2.18. The number of hydrogen-bond acceptors (Lipinski definition) is 6. The number of nitrogens with zero attached hydrogens (tertiary/aromatic N) is 3. The van der Waals surface area contributed by atoms with Crippen molar-refractivity contribution in [3.63, 3.8) is 0 Å². The third kappa shape index (κ3) is 3.64. The fourth-order valence-corrected chi connectivity index (χ4v) is 4.17. The molecule has 152 valence electrons. The number of ketones is 1. The van der Waals surface area contributed by atoms with Crippen LogP contribution in [0.4, 0.5) is 5.69 Å². The molecule has 0 aliphatic rings. The summed E-state index contributed by atoms with van der Waals surface area (Å²) in [6.45, 7) is 3.42. The predicted molar refractivity (Wildman–Crippen MR) is 113 cm³/mol. The number of benzene rings is 1. The summed E-state index contributed by atoms with van der Waals surface area (Å²) >= 11 is 6.00. The Hall–Kier alpha value is -3.30. The first kappa shape index (κ1) is 18.7. The summed E-state index contributed by atoms with van der Waals surface area (Å²) in [6.07, 6.45) is 4.04. The second-order valence-corrected chi connectivity index (χ2v) is 8.72. The maximum absolute atomic E-state index is 13.3. The Morgan fingerprint density at radius 2 is 1.97 bits per heavy atom. The molecule has 2 N–H and O–H groups in total. The standard InChI is InChI=1S/C20H16ClN5O3S/c1-11-7-16(26-30(28,29)13-3-4-15(21)12(2)8-13)18(23-9-11)19(27)17-14-5-6-22-20(14)25-10-24-17/h3-10,26H,1-2H3,(H,22,24,25)/i5D. The minimum Gasteiger partial charge on any atom is -0.346 e. The first-order chi connectivity index (χ1) is 14.7. The van der Waals surface area contributed by atoms with Gasteiger partial charge in [0.1, 0.15) is 23.4 Å². The molecule has 0 radical (unpaired) electrons. The average molecular weight is 443 g/mol. The van der Waals surface area contributed by atoms with Crippen LogP contribution in [0.15, 0.2) is 53.9 Å². The van der Waals surface area contributed by atoms with E-state index in [9.17, 15) is 13.2 Å². The SMILES string of the molecule is [2H]c1c[nH]c2ncnc(C(=O)c3ncc(C)cc3NS(=O)(=O)c3ccc(Cl)c(C)c3)c12. The lowest BCUT2D eigenvalue weighted by atomic mass is 10.1. The van der Waals surface area contributed by atoms with Gasteiger partial charge in [-0.25, -0.2) is 18.4 Å². The molecule has 0 unspecified atom stereocenters. The highest BCUT2D eigenvalue weighted by molar-refractivity contribution is 7.92. The van der Waals surface area contributed by atoms with Gasteiger partial charge in [0.2, 0.25) is 5.78 Å². The van der Waals surface area contributed by atoms with Crippen LogP contribution in [-0.2, 0) is 10.0 Å². The molecule has 0 saturated heterocycles. The highest BCUT2D eigenvalue weighted by atomic mass is 35.5. The molecule has 0 amide bonds. The zero-order valence-electron chi connectivity index (χ0n) is 16.9. The van der Waals surface area contributed by atoms with Gasteiger partial charge < -0.3 is 4.98 Å². The minimum atomic E-state index is -4.02. The van der Waals surface area contributed by atoms with Crippen molar-refractivity contribution in [1.82, 2.24) is 19.9 Å². The van der Waals surface area contributed by atoms with E-state index in [0.717, 1.165) is 0 Å². The second-order valence-electron chi connectivity index (χ2n) is 6.63. The number of halogens is 1. The van der Waals surface area contributed by atoms with E-state index < -0.39 is 15.8 Å². The fourth-order valence-electron chi connectivity index (χ4n) is 2.91. The zero-order chi connectivity index (χ0) is 22.3. The summed E-state index contributed by atoms with van der Waals surface area (Å²) < 4.78 is 36.4. The number of anilines is 1. The van der Waals surface area contributed by atoms with E-state index in [4.69, 9.17) is 13.0 Å². The van der Waals surface area contributed by atoms with Crippen LogP contribution in [0.1, 0.15) is 28.7 Å².